The average Bonchev–Trinajstić information content (AvgIpc) is 3.16. The minimum Gasteiger partial charge on any atom is -0.311 e. The monoisotopic (exact) mass is 825 g/mol. The first-order valence-corrected chi connectivity index (χ1v) is 22.1. The van der Waals surface area contributed by atoms with Gasteiger partial charge in [0.1, 0.15) is 0 Å². The van der Waals surface area contributed by atoms with E-state index in [1.807, 2.05) is 137 Å². The first-order valence-electron chi connectivity index (χ1n) is 28.1. The highest BCUT2D eigenvalue weighted by Crippen LogP contribution is 2.49. The smallest absolute Gasteiger partial charge is 0.252 e. The molecule has 0 radical (unpaired) electrons. The van der Waals surface area contributed by atoms with Crippen LogP contribution in [0.15, 0.2) is 84.6 Å². The Labute approximate surface area is 389 Å². The summed E-state index contributed by atoms with van der Waals surface area (Å²) in [5.74, 6) is 0. The fraction of sp³-hybridized carbons (Fsp3) is 0.483. The van der Waals surface area contributed by atoms with Gasteiger partial charge >= 0.3 is 0 Å². The molecule has 0 spiro atoms. The normalized spacial score (nSPS) is 17.6. The lowest BCUT2D eigenvalue weighted by Crippen LogP contribution is -2.61. The molecule has 0 aliphatic carbocycles. The molecule has 7 rings (SSSR count). The van der Waals surface area contributed by atoms with E-state index in [1.165, 1.54) is 0 Å². The van der Waals surface area contributed by atoms with Crippen molar-refractivity contribution in [3.63, 3.8) is 0 Å². The topological polar surface area (TPSA) is 6.48 Å². The van der Waals surface area contributed by atoms with E-state index in [0.29, 0.717) is 39.1 Å². The molecule has 0 bridgehead atoms. The van der Waals surface area contributed by atoms with Crippen molar-refractivity contribution in [3.8, 4) is 0 Å². The van der Waals surface area contributed by atoms with Crippen molar-refractivity contribution >= 4 is 57.2 Å². The first kappa shape index (κ1) is 31.6. The first-order chi connectivity index (χ1) is 32.7. The minimum atomic E-state index is -1.17. The fourth-order valence-corrected chi connectivity index (χ4v) is 7.83. The Kier molecular flexibility index (Phi) is 7.32. The van der Waals surface area contributed by atoms with Gasteiger partial charge < -0.3 is 9.80 Å². The van der Waals surface area contributed by atoms with Crippen LogP contribution in [-0.4, -0.2) is 6.71 Å². The number of nitrogens with zero attached hydrogens (tertiary/aromatic N) is 2. The van der Waals surface area contributed by atoms with Crippen molar-refractivity contribution in [2.75, 3.05) is 9.80 Å². The van der Waals surface area contributed by atoms with Crippen LogP contribution in [0.1, 0.15) is 201 Å². The van der Waals surface area contributed by atoms with Crippen molar-refractivity contribution in [1.82, 2.24) is 0 Å². The highest BCUT2D eigenvalue weighted by atomic mass is 15.2. The average molecular weight is 825 g/mol. The van der Waals surface area contributed by atoms with E-state index in [2.05, 4.69) is 20.8 Å². The molecule has 5 aromatic rings. The van der Waals surface area contributed by atoms with Gasteiger partial charge in [0.2, 0.25) is 0 Å². The zero-order valence-corrected chi connectivity index (χ0v) is 41.1. The third kappa shape index (κ3) is 8.25. The van der Waals surface area contributed by atoms with Crippen LogP contribution in [0.3, 0.4) is 0 Å². The van der Waals surface area contributed by atoms with Crippen LogP contribution in [0, 0.1) is 0 Å². The zero-order chi connectivity index (χ0) is 55.8. The van der Waals surface area contributed by atoms with E-state index < -0.39 is 44.6 Å². The van der Waals surface area contributed by atoms with Gasteiger partial charge in [-0.1, -0.05) is 182 Å². The van der Waals surface area contributed by atoms with Crippen LogP contribution in [0.4, 0.5) is 34.1 Å². The zero-order valence-electron chi connectivity index (χ0n) is 53.1. The second-order valence-corrected chi connectivity index (χ2v) is 24.8. The molecule has 0 saturated heterocycles. The molecule has 2 heterocycles. The summed E-state index contributed by atoms with van der Waals surface area (Å²) in [6, 6.07) is 2.62. The summed E-state index contributed by atoms with van der Waals surface area (Å²) in [6.45, 7) is 39.5. The molecule has 3 heteroatoms. The van der Waals surface area contributed by atoms with E-state index in [-0.39, 0.29) is 117 Å². The Morgan fingerprint density at radius 2 is 0.607 bits per heavy atom. The summed E-state index contributed by atoms with van der Waals surface area (Å²) >= 11 is 0. The predicted octanol–water partition coefficient (Wildman–Crippen LogP) is 14.9. The van der Waals surface area contributed by atoms with Crippen molar-refractivity contribution in [2.45, 2.75) is 183 Å². The lowest BCUT2D eigenvalue weighted by Gasteiger charge is -2.46. The van der Waals surface area contributed by atoms with Crippen LogP contribution in [-0.2, 0) is 37.9 Å². The van der Waals surface area contributed by atoms with Gasteiger partial charge in [0.25, 0.3) is 6.71 Å². The Hall–Kier alpha value is -4.24. The molecule has 5 aromatic carbocycles. The van der Waals surface area contributed by atoms with Crippen molar-refractivity contribution < 1.29 is 16.4 Å². The van der Waals surface area contributed by atoms with E-state index >= 15 is 0 Å². The van der Waals surface area contributed by atoms with Gasteiger partial charge in [0.15, 0.2) is 0 Å². The molecule has 2 aliphatic rings. The van der Waals surface area contributed by atoms with Crippen LogP contribution in [0.25, 0.3) is 0 Å². The van der Waals surface area contributed by atoms with Crippen LogP contribution >= 0.6 is 0 Å². The Morgan fingerprint density at radius 3 is 0.869 bits per heavy atom. The lowest BCUT2D eigenvalue weighted by atomic mass is 9.33. The number of anilines is 6. The lowest BCUT2D eigenvalue weighted by molar-refractivity contribution is 0.568. The highest BCUT2D eigenvalue weighted by molar-refractivity contribution is 7.00. The van der Waals surface area contributed by atoms with Gasteiger partial charge in [-0.15, -0.1) is 0 Å². The molecule has 0 N–H and O–H groups in total. The number of hydrogen-bond acceptors (Lipinski definition) is 2. The maximum absolute atomic E-state index is 10.4. The maximum atomic E-state index is 10.4. The second-order valence-electron chi connectivity index (χ2n) is 24.8. The summed E-state index contributed by atoms with van der Waals surface area (Å²) in [7, 11) is 0. The van der Waals surface area contributed by atoms with Gasteiger partial charge in [-0.05, 0) is 142 Å². The van der Waals surface area contributed by atoms with Crippen molar-refractivity contribution in [2.24, 2.45) is 0 Å². The van der Waals surface area contributed by atoms with E-state index in [4.69, 9.17) is 0 Å². The third-order valence-corrected chi connectivity index (χ3v) is 11.9. The second kappa shape index (κ2) is 14.1. The molecular weight excluding hydrogens is 735 g/mol. The summed E-state index contributed by atoms with van der Waals surface area (Å²) in [4.78, 5) is 3.47. The minimum absolute atomic E-state index is 0.0798. The van der Waals surface area contributed by atoms with Crippen molar-refractivity contribution in [1.29, 1.82) is 0 Å². The molecule has 0 amide bonds. The van der Waals surface area contributed by atoms with E-state index in [1.54, 1.807) is 9.80 Å². The number of hydrogen-bond donors (Lipinski definition) is 0. The third-order valence-electron chi connectivity index (χ3n) is 11.9. The molecule has 61 heavy (non-hydrogen) atoms. The van der Waals surface area contributed by atoms with Crippen LogP contribution < -0.4 is 26.2 Å². The predicted molar refractivity (Wildman–Crippen MR) is 271 cm³/mol. The van der Waals surface area contributed by atoms with Gasteiger partial charge in [0, 0.05) is 34.1 Å². The number of benzene rings is 5. The molecule has 0 saturated carbocycles. The Bertz CT molecular complexity index is 2910. The summed E-state index contributed by atoms with van der Waals surface area (Å²) in [5.41, 5.74) is -0.593. The molecule has 0 atom stereocenters. The summed E-state index contributed by atoms with van der Waals surface area (Å²) in [6.07, 6.45) is 0. The Balaban J connectivity index is 1.93. The van der Waals surface area contributed by atoms with Gasteiger partial charge in [-0.25, -0.2) is 0 Å². The molecule has 322 valence electrons. The fourth-order valence-electron chi connectivity index (χ4n) is 7.83. The SMILES string of the molecule is [2H]c1c([2H])c(C(C)(C)C)c([2H])c2c1B1c3c(cc(C(C)(C)C)cc3N(c3c([2H])c(C(C)(C)C)c([2H])c(C(C)(C)C)c3[2H])c3c([2H])c(C(C)(C)C)c([2H])c([2H])c31)N2c1c([2H])c(C(C)(C)C)c([2H])c(C(C)(C)C)c1[2H]. The van der Waals surface area contributed by atoms with Gasteiger partial charge in [0.05, 0.1) is 16.4 Å². The highest BCUT2D eigenvalue weighted by Gasteiger charge is 2.45. The van der Waals surface area contributed by atoms with E-state index in [0.717, 1.165) is 5.56 Å². The van der Waals surface area contributed by atoms with Crippen molar-refractivity contribution in [3.05, 3.63) is 124 Å². The summed E-state index contributed by atoms with van der Waals surface area (Å²) in [5, 5.41) is 0. The standard InChI is InChI=1S/C58H77BN2/c1-52(2,3)36-22-24-45-47(32-36)60(43-28-38(54(7,8)9)26-39(29-43)55(10,11)12)49-34-42(58(19,20)21)35-50-51(49)59(45)46-25-23-37(53(4,5)6)33-48(46)61(50)44-30-40(56(13,14)15)27-41(31-44)57(16,17)18/h22-35H,1-21H3/i22D,23D,24D,25D,26D,27D,28D,29D,30D,31D,32D,33D. The van der Waals surface area contributed by atoms with E-state index in [9.17, 15) is 16.4 Å². The maximum Gasteiger partial charge on any atom is 0.252 e. The largest absolute Gasteiger partial charge is 0.311 e. The summed E-state index contributed by atoms with van der Waals surface area (Å²) < 4.78 is 122. The van der Waals surface area contributed by atoms with Gasteiger partial charge in [-0.3, -0.25) is 0 Å². The van der Waals surface area contributed by atoms with Crippen LogP contribution in [0.2, 0.25) is 0 Å². The molecular formula is C58H77BN2. The molecule has 2 aliphatic heterocycles. The quantitative estimate of drug-likeness (QED) is 0.160. The molecule has 0 aromatic heterocycles. The molecule has 0 fully saturated rings. The molecule has 0 unspecified atom stereocenters. The Morgan fingerprint density at radius 1 is 0.328 bits per heavy atom. The van der Waals surface area contributed by atoms with Crippen LogP contribution in [0.5, 0.6) is 0 Å². The number of fused-ring (bicyclic) bond motifs is 4. The van der Waals surface area contributed by atoms with Gasteiger partial charge in [-0.2, -0.15) is 0 Å². The number of rotatable bonds is 2. The molecule has 2 nitrogen and oxygen atoms in total.